The molecule has 1 aromatic carbocycles. The van der Waals surface area contributed by atoms with Crippen LogP contribution in [0, 0.1) is 5.92 Å². The molecule has 0 spiro atoms. The Morgan fingerprint density at radius 3 is 2.53 bits per heavy atom. The van der Waals surface area contributed by atoms with Crippen molar-refractivity contribution in [2.45, 2.75) is 45.0 Å². The van der Waals surface area contributed by atoms with E-state index in [-0.39, 0.29) is 5.76 Å². The molecule has 0 amide bonds. The van der Waals surface area contributed by atoms with Gasteiger partial charge in [0.25, 0.3) is 0 Å². The van der Waals surface area contributed by atoms with Crippen LogP contribution in [0.15, 0.2) is 27.4 Å². The van der Waals surface area contributed by atoms with E-state index in [1.54, 1.807) is 4.57 Å². The van der Waals surface area contributed by atoms with E-state index in [1.165, 1.54) is 5.56 Å². The van der Waals surface area contributed by atoms with E-state index in [1.807, 2.05) is 19.1 Å². The van der Waals surface area contributed by atoms with Gasteiger partial charge >= 0.3 is 5.76 Å². The summed E-state index contributed by atoms with van der Waals surface area (Å²) in [6, 6.07) is 6.05. The molecule has 1 atom stereocenters. The van der Waals surface area contributed by atoms with Crippen LogP contribution in [-0.4, -0.2) is 4.57 Å². The van der Waals surface area contributed by atoms with Crippen LogP contribution in [0.3, 0.4) is 0 Å². The van der Waals surface area contributed by atoms with Gasteiger partial charge < -0.3 is 4.42 Å². The molecule has 0 bridgehead atoms. The fraction of sp³-hybridized carbons (Fsp3) is 0.533. The highest BCUT2D eigenvalue weighted by Crippen LogP contribution is 2.36. The zero-order chi connectivity index (χ0) is 14.0. The quantitative estimate of drug-likeness (QED) is 0.759. The average Bonchev–Trinajstić information content (AvgIpc) is 2.74. The summed E-state index contributed by atoms with van der Waals surface area (Å²) < 4.78 is 6.97. The van der Waals surface area contributed by atoms with Crippen LogP contribution in [0.1, 0.15) is 44.0 Å². The molecule has 2 aromatic rings. The van der Waals surface area contributed by atoms with E-state index in [9.17, 15) is 4.79 Å². The summed E-state index contributed by atoms with van der Waals surface area (Å²) >= 11 is 3.77. The van der Waals surface area contributed by atoms with E-state index in [4.69, 9.17) is 4.42 Å². The van der Waals surface area contributed by atoms with Crippen molar-refractivity contribution in [3.05, 3.63) is 34.3 Å². The lowest BCUT2D eigenvalue weighted by atomic mass is 9.94. The van der Waals surface area contributed by atoms with Crippen molar-refractivity contribution in [2.75, 3.05) is 0 Å². The van der Waals surface area contributed by atoms with Crippen LogP contribution >= 0.6 is 15.9 Å². The standard InChI is InChI=1S/C15H20BrNO2/c1-4-10(5-2)14(16)11-7-8-12-13(9-11)19-15(18)17(12)6-3/h7-10,14H,4-6H2,1-3H3. The Morgan fingerprint density at radius 2 is 1.95 bits per heavy atom. The highest BCUT2D eigenvalue weighted by molar-refractivity contribution is 9.09. The molecule has 104 valence electrons. The normalized spacial score (nSPS) is 13.3. The lowest BCUT2D eigenvalue weighted by molar-refractivity contribution is 0.486. The summed E-state index contributed by atoms with van der Waals surface area (Å²) in [7, 11) is 0. The number of alkyl halides is 1. The molecule has 0 aliphatic carbocycles. The summed E-state index contributed by atoms with van der Waals surface area (Å²) in [6.45, 7) is 6.99. The Hall–Kier alpha value is -1.03. The molecule has 1 heterocycles. The lowest BCUT2D eigenvalue weighted by Gasteiger charge is -2.19. The summed E-state index contributed by atoms with van der Waals surface area (Å²) in [4.78, 5) is 12.0. The average molecular weight is 326 g/mol. The van der Waals surface area contributed by atoms with Gasteiger partial charge in [-0.1, -0.05) is 48.7 Å². The number of nitrogens with zero attached hydrogens (tertiary/aromatic N) is 1. The molecular formula is C15H20BrNO2. The first kappa shape index (κ1) is 14.4. The first-order valence-corrected chi connectivity index (χ1v) is 7.81. The van der Waals surface area contributed by atoms with E-state index in [0.29, 0.717) is 22.9 Å². The Bertz CT molecular complexity index is 610. The summed E-state index contributed by atoms with van der Waals surface area (Å²) in [6.07, 6.45) is 2.26. The lowest BCUT2D eigenvalue weighted by Crippen LogP contribution is -2.12. The molecule has 0 aliphatic rings. The summed E-state index contributed by atoms with van der Waals surface area (Å²) in [5.74, 6) is 0.320. The fourth-order valence-electron chi connectivity index (χ4n) is 2.53. The van der Waals surface area contributed by atoms with Crippen LogP contribution in [0.2, 0.25) is 0 Å². The third-order valence-electron chi connectivity index (χ3n) is 3.79. The number of rotatable bonds is 5. The second kappa shape index (κ2) is 5.95. The van der Waals surface area contributed by atoms with Gasteiger partial charge in [-0.25, -0.2) is 4.79 Å². The first-order valence-electron chi connectivity index (χ1n) is 6.89. The number of benzene rings is 1. The van der Waals surface area contributed by atoms with E-state index in [0.717, 1.165) is 18.4 Å². The van der Waals surface area contributed by atoms with Crippen LogP contribution in [-0.2, 0) is 6.54 Å². The molecule has 4 heteroatoms. The van der Waals surface area contributed by atoms with Crippen molar-refractivity contribution in [3.63, 3.8) is 0 Å². The van der Waals surface area contributed by atoms with Gasteiger partial charge in [-0.15, -0.1) is 0 Å². The first-order chi connectivity index (χ1) is 9.12. The molecule has 0 radical (unpaired) electrons. The maximum atomic E-state index is 11.7. The van der Waals surface area contributed by atoms with Gasteiger partial charge in [0.05, 0.1) is 5.52 Å². The number of aromatic nitrogens is 1. The van der Waals surface area contributed by atoms with Gasteiger partial charge in [-0.3, -0.25) is 4.57 Å². The molecular weight excluding hydrogens is 306 g/mol. The molecule has 2 rings (SSSR count). The highest BCUT2D eigenvalue weighted by Gasteiger charge is 2.19. The second-order valence-corrected chi connectivity index (χ2v) is 5.80. The van der Waals surface area contributed by atoms with Crippen molar-refractivity contribution in [1.29, 1.82) is 0 Å². The van der Waals surface area contributed by atoms with Gasteiger partial charge in [-0.05, 0) is 30.5 Å². The van der Waals surface area contributed by atoms with E-state index < -0.39 is 0 Å². The molecule has 0 N–H and O–H groups in total. The number of fused-ring (bicyclic) bond motifs is 1. The molecule has 1 aromatic heterocycles. The number of halogens is 1. The Balaban J connectivity index is 2.45. The van der Waals surface area contributed by atoms with Crippen molar-refractivity contribution >= 4 is 27.0 Å². The van der Waals surface area contributed by atoms with Crippen LogP contribution < -0.4 is 5.76 Å². The predicted molar refractivity (Wildman–Crippen MR) is 81.9 cm³/mol. The largest absolute Gasteiger partial charge is 0.419 e. The zero-order valence-corrected chi connectivity index (χ0v) is 13.2. The molecule has 3 nitrogen and oxygen atoms in total. The molecule has 19 heavy (non-hydrogen) atoms. The Labute approximate surface area is 121 Å². The minimum atomic E-state index is -0.275. The summed E-state index contributed by atoms with van der Waals surface area (Å²) in [5.41, 5.74) is 2.73. The van der Waals surface area contributed by atoms with E-state index >= 15 is 0 Å². The number of hydrogen-bond donors (Lipinski definition) is 0. The third-order valence-corrected chi connectivity index (χ3v) is 5.07. The number of aryl methyl sites for hydroxylation is 1. The van der Waals surface area contributed by atoms with Crippen molar-refractivity contribution in [3.8, 4) is 0 Å². The number of oxazole rings is 1. The summed E-state index contributed by atoms with van der Waals surface area (Å²) in [5, 5.41) is 0. The van der Waals surface area contributed by atoms with Gasteiger partial charge in [0, 0.05) is 11.4 Å². The van der Waals surface area contributed by atoms with Gasteiger partial charge in [-0.2, -0.15) is 0 Å². The number of hydrogen-bond acceptors (Lipinski definition) is 2. The third kappa shape index (κ3) is 2.64. The van der Waals surface area contributed by atoms with Gasteiger partial charge in [0.1, 0.15) is 0 Å². The van der Waals surface area contributed by atoms with Crippen LogP contribution in [0.25, 0.3) is 11.1 Å². The minimum absolute atomic E-state index is 0.275. The maximum Gasteiger partial charge on any atom is 0.419 e. The smallest absolute Gasteiger partial charge is 0.408 e. The van der Waals surface area contributed by atoms with Gasteiger partial charge in [0.15, 0.2) is 5.58 Å². The molecule has 1 unspecified atom stereocenters. The maximum absolute atomic E-state index is 11.7. The van der Waals surface area contributed by atoms with Crippen molar-refractivity contribution in [1.82, 2.24) is 4.57 Å². The minimum Gasteiger partial charge on any atom is -0.408 e. The Morgan fingerprint density at radius 1 is 1.26 bits per heavy atom. The van der Waals surface area contributed by atoms with Crippen LogP contribution in [0.5, 0.6) is 0 Å². The molecule has 0 saturated carbocycles. The van der Waals surface area contributed by atoms with Gasteiger partial charge in [0.2, 0.25) is 0 Å². The van der Waals surface area contributed by atoms with Crippen LogP contribution in [0.4, 0.5) is 0 Å². The molecule has 0 aliphatic heterocycles. The predicted octanol–water partition coefficient (Wildman–Crippen LogP) is 4.49. The monoisotopic (exact) mass is 325 g/mol. The van der Waals surface area contributed by atoms with Crippen molar-refractivity contribution < 1.29 is 4.42 Å². The zero-order valence-electron chi connectivity index (χ0n) is 11.6. The second-order valence-electron chi connectivity index (χ2n) is 4.82. The molecule has 0 saturated heterocycles. The topological polar surface area (TPSA) is 35.1 Å². The SMILES string of the molecule is CCC(CC)C(Br)c1ccc2c(c1)oc(=O)n2CC. The van der Waals surface area contributed by atoms with E-state index in [2.05, 4.69) is 35.8 Å². The highest BCUT2D eigenvalue weighted by atomic mass is 79.9. The van der Waals surface area contributed by atoms with Crippen molar-refractivity contribution in [2.24, 2.45) is 5.92 Å². The fourth-order valence-corrected chi connectivity index (χ4v) is 3.56. The Kier molecular flexibility index (Phi) is 4.50. The molecule has 0 fully saturated rings.